The lowest BCUT2D eigenvalue weighted by molar-refractivity contribution is -0.137. The molecule has 0 aromatic carbocycles. The zero-order valence-corrected chi connectivity index (χ0v) is 12.2. The van der Waals surface area contributed by atoms with Gasteiger partial charge < -0.3 is 4.90 Å². The van der Waals surface area contributed by atoms with Crippen LogP contribution in [0.2, 0.25) is 5.15 Å². The van der Waals surface area contributed by atoms with E-state index in [9.17, 15) is 13.2 Å². The second-order valence-corrected chi connectivity index (χ2v) is 5.54. The van der Waals surface area contributed by atoms with E-state index >= 15 is 0 Å². The summed E-state index contributed by atoms with van der Waals surface area (Å²) in [5.41, 5.74) is -0.0642. The summed E-state index contributed by atoms with van der Waals surface area (Å²) in [6, 6.07) is 2.34. The molecule has 2 aromatic rings. The summed E-state index contributed by atoms with van der Waals surface area (Å²) in [7, 11) is 0. The molecule has 2 aromatic heterocycles. The number of H-pyrrole nitrogens is 1. The minimum absolute atomic E-state index is 0.176. The molecule has 5 nitrogen and oxygen atoms in total. The summed E-state index contributed by atoms with van der Waals surface area (Å²) in [5.74, 6) is 0.626. The number of halogens is 4. The maximum Gasteiger partial charge on any atom is 0.419 e. The van der Waals surface area contributed by atoms with Crippen LogP contribution in [0.5, 0.6) is 0 Å². The van der Waals surface area contributed by atoms with Crippen molar-refractivity contribution in [3.8, 4) is 0 Å². The van der Waals surface area contributed by atoms with Gasteiger partial charge in [0.2, 0.25) is 0 Å². The lowest BCUT2D eigenvalue weighted by Gasteiger charge is -2.32. The molecule has 0 radical (unpaired) electrons. The molecular weight excluding hydrogens is 319 g/mol. The second kappa shape index (κ2) is 5.75. The van der Waals surface area contributed by atoms with E-state index in [0.717, 1.165) is 31.1 Å². The van der Waals surface area contributed by atoms with Crippen LogP contribution >= 0.6 is 11.6 Å². The third-order valence-corrected chi connectivity index (χ3v) is 4.02. The topological polar surface area (TPSA) is 57.7 Å². The third-order valence-electron chi connectivity index (χ3n) is 3.74. The number of hydrogen-bond acceptors (Lipinski definition) is 4. The maximum atomic E-state index is 12.7. The SMILES string of the molecule is FC(F)(F)c1ccc(N2CCCC(c3cn[nH]n3)C2)nc1Cl. The van der Waals surface area contributed by atoms with Gasteiger partial charge in [0.25, 0.3) is 0 Å². The van der Waals surface area contributed by atoms with E-state index in [-0.39, 0.29) is 5.92 Å². The molecule has 9 heteroatoms. The number of nitrogens with one attached hydrogen (secondary N) is 1. The van der Waals surface area contributed by atoms with Gasteiger partial charge in [-0.15, -0.1) is 0 Å². The third kappa shape index (κ3) is 3.01. The summed E-state index contributed by atoms with van der Waals surface area (Å²) in [6.07, 6.45) is -0.968. The molecule has 1 N–H and O–H groups in total. The van der Waals surface area contributed by atoms with Crippen molar-refractivity contribution in [3.63, 3.8) is 0 Å². The van der Waals surface area contributed by atoms with E-state index in [1.54, 1.807) is 6.20 Å². The summed E-state index contributed by atoms with van der Waals surface area (Å²) in [4.78, 5) is 5.83. The Hall–Kier alpha value is -1.83. The lowest BCUT2D eigenvalue weighted by Crippen LogP contribution is -2.35. The minimum atomic E-state index is -4.49. The summed E-state index contributed by atoms with van der Waals surface area (Å²) in [6.45, 7) is 1.35. The van der Waals surface area contributed by atoms with Crippen molar-refractivity contribution in [2.75, 3.05) is 18.0 Å². The number of piperidine rings is 1. The Morgan fingerprint density at radius 1 is 1.32 bits per heavy atom. The number of nitrogens with zero attached hydrogens (tertiary/aromatic N) is 4. The molecule has 118 valence electrons. The zero-order chi connectivity index (χ0) is 15.7. The van der Waals surface area contributed by atoms with Gasteiger partial charge in [-0.1, -0.05) is 11.6 Å². The predicted molar refractivity (Wildman–Crippen MR) is 74.8 cm³/mol. The standard InChI is InChI=1S/C13H13ClF3N5/c14-12-9(13(15,16)17)3-4-11(19-12)22-5-1-2-8(7-22)10-6-18-21-20-10/h3-4,6,8H,1-2,5,7H2,(H,18,20,21). The highest BCUT2D eigenvalue weighted by Gasteiger charge is 2.34. The van der Waals surface area contributed by atoms with Crippen molar-refractivity contribution in [1.29, 1.82) is 0 Å². The number of hydrogen-bond donors (Lipinski definition) is 1. The van der Waals surface area contributed by atoms with Gasteiger partial charge >= 0.3 is 6.18 Å². The van der Waals surface area contributed by atoms with E-state index in [1.165, 1.54) is 6.07 Å². The summed E-state index contributed by atoms with van der Waals surface area (Å²) < 4.78 is 38.1. The molecule has 1 aliphatic heterocycles. The highest BCUT2D eigenvalue weighted by Crippen LogP contribution is 2.35. The molecule has 1 aliphatic rings. The fourth-order valence-corrected chi connectivity index (χ4v) is 2.90. The average Bonchev–Trinajstić information content (AvgIpc) is 3.00. The van der Waals surface area contributed by atoms with Gasteiger partial charge in [-0.3, -0.25) is 0 Å². The molecule has 0 saturated carbocycles. The molecule has 1 atom stereocenters. The number of rotatable bonds is 2. The van der Waals surface area contributed by atoms with Gasteiger partial charge in [0.05, 0.1) is 17.5 Å². The molecule has 3 heterocycles. The second-order valence-electron chi connectivity index (χ2n) is 5.19. The largest absolute Gasteiger partial charge is 0.419 e. The quantitative estimate of drug-likeness (QED) is 0.858. The molecule has 0 aliphatic carbocycles. The van der Waals surface area contributed by atoms with Gasteiger partial charge in [0.1, 0.15) is 11.0 Å². The number of aromatic nitrogens is 4. The Morgan fingerprint density at radius 3 is 2.77 bits per heavy atom. The van der Waals surface area contributed by atoms with E-state index in [4.69, 9.17) is 11.6 Å². The summed E-state index contributed by atoms with van der Waals surface area (Å²) in [5, 5.41) is 9.92. The van der Waals surface area contributed by atoms with Gasteiger partial charge in [-0.25, -0.2) is 4.98 Å². The van der Waals surface area contributed by atoms with Crippen molar-refractivity contribution < 1.29 is 13.2 Å². The normalized spacial score (nSPS) is 19.5. The van der Waals surface area contributed by atoms with Crippen molar-refractivity contribution in [2.24, 2.45) is 0 Å². The number of pyridine rings is 1. The first-order chi connectivity index (χ1) is 10.4. The first kappa shape index (κ1) is 15.1. The Labute approximate surface area is 129 Å². The highest BCUT2D eigenvalue weighted by molar-refractivity contribution is 6.30. The van der Waals surface area contributed by atoms with Crippen molar-refractivity contribution in [1.82, 2.24) is 20.4 Å². The first-order valence-corrected chi connectivity index (χ1v) is 7.17. The molecule has 1 fully saturated rings. The predicted octanol–water partition coefficient (Wildman–Crippen LogP) is 3.26. The smallest absolute Gasteiger partial charge is 0.356 e. The molecular formula is C13H13ClF3N5. The van der Waals surface area contributed by atoms with E-state index in [0.29, 0.717) is 12.4 Å². The van der Waals surface area contributed by atoms with Crippen LogP contribution in [0.3, 0.4) is 0 Å². The highest BCUT2D eigenvalue weighted by atomic mass is 35.5. The Kier molecular flexibility index (Phi) is 3.94. The monoisotopic (exact) mass is 331 g/mol. The molecule has 1 saturated heterocycles. The first-order valence-electron chi connectivity index (χ1n) is 6.79. The fraction of sp³-hybridized carbons (Fsp3) is 0.462. The van der Waals surface area contributed by atoms with Crippen LogP contribution in [0.1, 0.15) is 30.0 Å². The Balaban J connectivity index is 1.80. The van der Waals surface area contributed by atoms with Crippen molar-refractivity contribution in [3.05, 3.63) is 34.7 Å². The van der Waals surface area contributed by atoms with Crippen LogP contribution in [0.15, 0.2) is 18.3 Å². The van der Waals surface area contributed by atoms with Crippen LogP contribution in [-0.4, -0.2) is 33.5 Å². The molecule has 0 spiro atoms. The van der Waals surface area contributed by atoms with Crippen LogP contribution in [0.25, 0.3) is 0 Å². The van der Waals surface area contributed by atoms with Crippen molar-refractivity contribution in [2.45, 2.75) is 24.9 Å². The van der Waals surface area contributed by atoms with Crippen LogP contribution < -0.4 is 4.90 Å². The Morgan fingerprint density at radius 2 is 2.14 bits per heavy atom. The van der Waals surface area contributed by atoms with Crippen molar-refractivity contribution >= 4 is 17.4 Å². The summed E-state index contributed by atoms with van der Waals surface area (Å²) >= 11 is 5.68. The maximum absolute atomic E-state index is 12.7. The van der Waals surface area contributed by atoms with Gasteiger partial charge in [-0.05, 0) is 25.0 Å². The van der Waals surface area contributed by atoms with Gasteiger partial charge in [0, 0.05) is 19.0 Å². The van der Waals surface area contributed by atoms with Gasteiger partial charge in [-0.2, -0.15) is 28.6 Å². The number of aromatic amines is 1. The number of anilines is 1. The van der Waals surface area contributed by atoms with Crippen LogP contribution in [0, 0.1) is 0 Å². The average molecular weight is 332 g/mol. The molecule has 0 amide bonds. The molecule has 3 rings (SSSR count). The van der Waals surface area contributed by atoms with E-state index < -0.39 is 16.9 Å². The van der Waals surface area contributed by atoms with Gasteiger partial charge in [0.15, 0.2) is 0 Å². The molecule has 1 unspecified atom stereocenters. The Bertz CT molecular complexity index is 644. The molecule has 0 bridgehead atoms. The minimum Gasteiger partial charge on any atom is -0.356 e. The fourth-order valence-electron chi connectivity index (χ4n) is 2.65. The zero-order valence-electron chi connectivity index (χ0n) is 11.4. The lowest BCUT2D eigenvalue weighted by atomic mass is 9.95. The van der Waals surface area contributed by atoms with E-state index in [2.05, 4.69) is 20.4 Å². The van der Waals surface area contributed by atoms with Crippen LogP contribution in [0.4, 0.5) is 19.0 Å². The van der Waals surface area contributed by atoms with Crippen LogP contribution in [-0.2, 0) is 6.18 Å². The number of alkyl halides is 3. The molecule has 22 heavy (non-hydrogen) atoms. The van der Waals surface area contributed by atoms with E-state index in [1.807, 2.05) is 4.90 Å².